The number of piperidine rings is 1. The van der Waals surface area contributed by atoms with Crippen LogP contribution in [0.15, 0.2) is 47.2 Å². The molecule has 0 unspecified atom stereocenters. The number of nitrogens with zero attached hydrogens (tertiary/aromatic N) is 2. The number of hydrogen-bond donors (Lipinski definition) is 0. The van der Waals surface area contributed by atoms with Crippen molar-refractivity contribution in [1.82, 2.24) is 9.80 Å². The van der Waals surface area contributed by atoms with Gasteiger partial charge in [0.05, 0.1) is 0 Å². The summed E-state index contributed by atoms with van der Waals surface area (Å²) in [6.07, 6.45) is 3.95. The van der Waals surface area contributed by atoms with Crippen LogP contribution in [-0.2, 0) is 0 Å². The quantitative estimate of drug-likeness (QED) is 0.814. The minimum Gasteiger partial charge on any atom is -0.335 e. The van der Waals surface area contributed by atoms with Crippen LogP contribution in [0.2, 0.25) is 0 Å². The van der Waals surface area contributed by atoms with Gasteiger partial charge >= 0.3 is 0 Å². The maximum absolute atomic E-state index is 13.2. The summed E-state index contributed by atoms with van der Waals surface area (Å²) < 4.78 is 0. The fraction of sp³-hybridized carbons (Fsp3) is 0.500. The molecule has 3 heterocycles. The van der Waals surface area contributed by atoms with Crippen molar-refractivity contribution in [2.75, 3.05) is 26.2 Å². The van der Waals surface area contributed by atoms with E-state index in [1.54, 1.807) is 11.3 Å². The summed E-state index contributed by atoms with van der Waals surface area (Å²) in [6, 6.07) is 12.5. The monoisotopic (exact) mass is 366 g/mol. The van der Waals surface area contributed by atoms with E-state index in [1.807, 2.05) is 30.3 Å². The van der Waals surface area contributed by atoms with Gasteiger partial charge in [-0.1, -0.05) is 18.2 Å². The molecule has 4 heteroatoms. The van der Waals surface area contributed by atoms with Crippen LogP contribution in [0.1, 0.15) is 41.1 Å². The third-order valence-electron chi connectivity index (χ3n) is 6.48. The lowest BCUT2D eigenvalue weighted by Gasteiger charge is -2.39. The molecule has 0 bridgehead atoms. The van der Waals surface area contributed by atoms with Gasteiger partial charge in [0.1, 0.15) is 0 Å². The second-order valence-electron chi connectivity index (χ2n) is 8.21. The van der Waals surface area contributed by atoms with Crippen LogP contribution < -0.4 is 0 Å². The molecule has 2 aliphatic heterocycles. The first-order valence-electron chi connectivity index (χ1n) is 9.90. The molecule has 0 radical (unpaired) electrons. The molecule has 0 N–H and O–H groups in total. The maximum atomic E-state index is 13.2. The maximum Gasteiger partial charge on any atom is 0.254 e. The van der Waals surface area contributed by atoms with Crippen LogP contribution in [0.4, 0.5) is 0 Å². The molecule has 3 atom stereocenters. The third-order valence-corrected chi connectivity index (χ3v) is 7.18. The Labute approximate surface area is 159 Å². The van der Waals surface area contributed by atoms with Gasteiger partial charge in [-0.05, 0) is 59.7 Å². The van der Waals surface area contributed by atoms with Crippen LogP contribution in [0.5, 0.6) is 0 Å². The number of thiophene rings is 1. The van der Waals surface area contributed by atoms with Gasteiger partial charge in [-0.15, -0.1) is 0 Å². The van der Waals surface area contributed by atoms with E-state index in [-0.39, 0.29) is 5.91 Å². The van der Waals surface area contributed by atoms with Crippen LogP contribution >= 0.6 is 11.3 Å². The topological polar surface area (TPSA) is 23.6 Å². The lowest BCUT2D eigenvalue weighted by atomic mass is 9.82. The van der Waals surface area contributed by atoms with E-state index in [4.69, 9.17) is 0 Å². The summed E-state index contributed by atoms with van der Waals surface area (Å²) in [4.78, 5) is 18.1. The molecule has 1 aliphatic carbocycles. The minimum atomic E-state index is 0.217. The van der Waals surface area contributed by atoms with Crippen molar-refractivity contribution < 1.29 is 4.79 Å². The number of amides is 1. The smallest absolute Gasteiger partial charge is 0.254 e. The Morgan fingerprint density at radius 2 is 1.92 bits per heavy atom. The first-order chi connectivity index (χ1) is 12.8. The van der Waals surface area contributed by atoms with Crippen molar-refractivity contribution in [3.05, 3.63) is 58.3 Å². The summed E-state index contributed by atoms with van der Waals surface area (Å²) in [5, 5.41) is 4.47. The lowest BCUT2D eigenvalue weighted by molar-refractivity contribution is 0.0617. The highest BCUT2D eigenvalue weighted by Gasteiger charge is 2.47. The molecule has 3 fully saturated rings. The fourth-order valence-electron chi connectivity index (χ4n) is 4.96. The average molecular weight is 367 g/mol. The number of hydrogen-bond acceptors (Lipinski definition) is 3. The average Bonchev–Trinajstić information content (AvgIpc) is 3.19. The van der Waals surface area contributed by atoms with Crippen LogP contribution in [0, 0.1) is 11.8 Å². The molecule has 0 spiro atoms. The molecule has 1 aromatic carbocycles. The van der Waals surface area contributed by atoms with Gasteiger partial charge in [0.15, 0.2) is 0 Å². The number of benzene rings is 1. The van der Waals surface area contributed by atoms with E-state index >= 15 is 0 Å². The molecular formula is C22H26N2OS. The van der Waals surface area contributed by atoms with E-state index in [0.717, 1.165) is 37.5 Å². The van der Waals surface area contributed by atoms with E-state index in [1.165, 1.54) is 24.9 Å². The first-order valence-corrected chi connectivity index (χ1v) is 10.8. The van der Waals surface area contributed by atoms with Gasteiger partial charge in [-0.25, -0.2) is 0 Å². The highest BCUT2D eigenvalue weighted by Crippen LogP contribution is 2.43. The van der Waals surface area contributed by atoms with Crippen molar-refractivity contribution in [2.45, 2.75) is 31.2 Å². The Hall–Kier alpha value is -1.65. The molecule has 5 rings (SSSR count). The Balaban J connectivity index is 1.40. The molecule has 2 aromatic rings. The summed E-state index contributed by atoms with van der Waals surface area (Å²) in [7, 11) is 0. The van der Waals surface area contributed by atoms with Crippen molar-refractivity contribution in [3.63, 3.8) is 0 Å². The summed E-state index contributed by atoms with van der Waals surface area (Å²) in [6.45, 7) is 4.44. The molecule has 26 heavy (non-hydrogen) atoms. The normalized spacial score (nSPS) is 28.9. The second-order valence-corrected chi connectivity index (χ2v) is 8.99. The Morgan fingerprint density at radius 1 is 1.08 bits per heavy atom. The summed E-state index contributed by atoms with van der Waals surface area (Å²) in [5.74, 6) is 2.22. The standard InChI is InChI=1S/C22H26N2OS/c25-22(17-4-2-1-3-5-17)24-14-19(18-9-11-26-15-18)20-13-23(10-8-21(20)24)12-16-6-7-16/h1-5,9,11,15-16,19-21H,6-8,10,12-14H2/t19-,20-,21-/m0/s1. The molecule has 136 valence electrons. The summed E-state index contributed by atoms with van der Waals surface area (Å²) in [5.41, 5.74) is 2.26. The number of likely N-dealkylation sites (tertiary alicyclic amines) is 2. The second kappa shape index (κ2) is 6.82. The molecule has 3 nitrogen and oxygen atoms in total. The van der Waals surface area contributed by atoms with Gasteiger partial charge in [-0.2, -0.15) is 11.3 Å². The van der Waals surface area contributed by atoms with Crippen molar-refractivity contribution >= 4 is 17.2 Å². The van der Waals surface area contributed by atoms with E-state index in [2.05, 4.69) is 26.6 Å². The van der Waals surface area contributed by atoms with Crippen molar-refractivity contribution in [3.8, 4) is 0 Å². The molecule has 1 saturated carbocycles. The molecular weight excluding hydrogens is 340 g/mol. The zero-order chi connectivity index (χ0) is 17.5. The predicted molar refractivity (Wildman–Crippen MR) is 106 cm³/mol. The highest BCUT2D eigenvalue weighted by atomic mass is 32.1. The van der Waals surface area contributed by atoms with Gasteiger partial charge in [0, 0.05) is 49.6 Å². The minimum absolute atomic E-state index is 0.217. The number of carbonyl (C=O) groups is 1. The Bertz CT molecular complexity index is 756. The number of rotatable bonds is 4. The zero-order valence-electron chi connectivity index (χ0n) is 15.1. The van der Waals surface area contributed by atoms with E-state index in [9.17, 15) is 4.79 Å². The number of carbonyl (C=O) groups excluding carboxylic acids is 1. The van der Waals surface area contributed by atoms with Gasteiger partial charge < -0.3 is 9.80 Å². The third kappa shape index (κ3) is 3.10. The van der Waals surface area contributed by atoms with Crippen LogP contribution in [0.25, 0.3) is 0 Å². The molecule has 1 amide bonds. The largest absolute Gasteiger partial charge is 0.335 e. The van der Waals surface area contributed by atoms with Crippen molar-refractivity contribution in [2.24, 2.45) is 11.8 Å². The molecule has 1 aromatic heterocycles. The molecule has 2 saturated heterocycles. The predicted octanol–water partition coefficient (Wildman–Crippen LogP) is 4.09. The van der Waals surface area contributed by atoms with Crippen LogP contribution in [0.3, 0.4) is 0 Å². The van der Waals surface area contributed by atoms with Gasteiger partial charge in [0.2, 0.25) is 0 Å². The Kier molecular flexibility index (Phi) is 4.33. The first kappa shape index (κ1) is 16.5. The number of fused-ring (bicyclic) bond motifs is 1. The SMILES string of the molecule is O=C(c1ccccc1)N1C[C@@H](c2ccsc2)[C@@H]2CN(CC3CC3)CC[C@@H]21. The zero-order valence-corrected chi connectivity index (χ0v) is 15.9. The van der Waals surface area contributed by atoms with E-state index in [0.29, 0.717) is 17.9 Å². The van der Waals surface area contributed by atoms with Crippen molar-refractivity contribution in [1.29, 1.82) is 0 Å². The van der Waals surface area contributed by atoms with Gasteiger partial charge in [0.25, 0.3) is 5.91 Å². The summed E-state index contributed by atoms with van der Waals surface area (Å²) >= 11 is 1.78. The van der Waals surface area contributed by atoms with E-state index < -0.39 is 0 Å². The highest BCUT2D eigenvalue weighted by molar-refractivity contribution is 7.08. The molecule has 3 aliphatic rings. The Morgan fingerprint density at radius 3 is 2.65 bits per heavy atom. The van der Waals surface area contributed by atoms with Crippen LogP contribution in [-0.4, -0.2) is 47.9 Å². The fourth-order valence-corrected chi connectivity index (χ4v) is 5.68. The lowest BCUT2D eigenvalue weighted by Crippen LogP contribution is -2.48. The van der Waals surface area contributed by atoms with Gasteiger partial charge in [-0.3, -0.25) is 4.79 Å².